The van der Waals surface area contributed by atoms with Crippen LogP contribution in [-0.2, 0) is 17.8 Å². The van der Waals surface area contributed by atoms with Gasteiger partial charge in [-0.1, -0.05) is 37.3 Å². The quantitative estimate of drug-likeness (QED) is 0.731. The number of anilines is 1. The first-order valence-corrected chi connectivity index (χ1v) is 8.36. The minimum atomic E-state index is -0.0634. The largest absolute Gasteiger partial charge is 0.360 e. The van der Waals surface area contributed by atoms with Crippen LogP contribution in [0.1, 0.15) is 17.4 Å². The van der Waals surface area contributed by atoms with Crippen molar-refractivity contribution in [2.45, 2.75) is 19.9 Å². The van der Waals surface area contributed by atoms with Crippen LogP contribution in [0, 0.1) is 0 Å². The summed E-state index contributed by atoms with van der Waals surface area (Å²) in [7, 11) is 0. The van der Waals surface area contributed by atoms with Crippen molar-refractivity contribution in [3.63, 3.8) is 0 Å². The summed E-state index contributed by atoms with van der Waals surface area (Å²) in [6.07, 6.45) is 2.50. The van der Waals surface area contributed by atoms with E-state index in [0.717, 1.165) is 22.2 Å². The van der Waals surface area contributed by atoms with E-state index in [9.17, 15) is 4.79 Å². The molecular formula is C17H18N4OS. The fourth-order valence-electron chi connectivity index (χ4n) is 2.24. The first kappa shape index (κ1) is 15.4. The van der Waals surface area contributed by atoms with E-state index >= 15 is 0 Å². The van der Waals surface area contributed by atoms with Crippen molar-refractivity contribution in [3.05, 3.63) is 53.2 Å². The Balaban J connectivity index is 1.59. The van der Waals surface area contributed by atoms with Crippen molar-refractivity contribution in [1.82, 2.24) is 15.3 Å². The molecule has 0 aliphatic rings. The number of aromatic nitrogens is 2. The van der Waals surface area contributed by atoms with Crippen molar-refractivity contribution in [3.8, 4) is 0 Å². The molecule has 0 atom stereocenters. The lowest BCUT2D eigenvalue weighted by atomic mass is 10.2. The molecule has 0 bridgehead atoms. The fourth-order valence-corrected chi connectivity index (χ4v) is 3.18. The number of thiophene rings is 1. The second-order valence-corrected chi connectivity index (χ2v) is 6.24. The minimum absolute atomic E-state index is 0.0634. The van der Waals surface area contributed by atoms with Crippen LogP contribution >= 0.6 is 11.3 Å². The molecular weight excluding hydrogens is 308 g/mol. The molecule has 2 N–H and O–H groups in total. The molecule has 0 saturated carbocycles. The molecule has 0 aliphatic heterocycles. The van der Waals surface area contributed by atoms with Crippen LogP contribution in [-0.4, -0.2) is 22.4 Å². The SMILES string of the molecule is CCc1cc2c(NCC(=O)NCc3ccccc3)ncnc2s1. The van der Waals surface area contributed by atoms with E-state index in [1.54, 1.807) is 11.3 Å². The summed E-state index contributed by atoms with van der Waals surface area (Å²) >= 11 is 1.66. The second-order valence-electron chi connectivity index (χ2n) is 5.12. The van der Waals surface area contributed by atoms with Gasteiger partial charge in [0.1, 0.15) is 17.0 Å². The standard InChI is InChI=1S/C17H18N4OS/c1-2-13-8-14-16(20-11-21-17(14)23-13)19-10-15(22)18-9-12-6-4-3-5-7-12/h3-8,11H,2,9-10H2,1H3,(H,18,22)(H,19,20,21). The van der Waals surface area contributed by atoms with Crippen LogP contribution in [0.3, 0.4) is 0 Å². The smallest absolute Gasteiger partial charge is 0.239 e. The molecule has 118 valence electrons. The van der Waals surface area contributed by atoms with Gasteiger partial charge in [-0.3, -0.25) is 4.79 Å². The van der Waals surface area contributed by atoms with Crippen LogP contribution in [0.4, 0.5) is 5.82 Å². The zero-order valence-corrected chi connectivity index (χ0v) is 13.7. The maximum absolute atomic E-state index is 12.0. The molecule has 0 spiro atoms. The number of carbonyl (C=O) groups excluding carboxylic acids is 1. The van der Waals surface area contributed by atoms with Crippen molar-refractivity contribution in [2.24, 2.45) is 0 Å². The predicted molar refractivity (Wildman–Crippen MR) is 93.6 cm³/mol. The first-order valence-electron chi connectivity index (χ1n) is 7.54. The van der Waals surface area contributed by atoms with Crippen LogP contribution in [0.5, 0.6) is 0 Å². The average molecular weight is 326 g/mol. The Bertz CT molecular complexity index is 801. The summed E-state index contributed by atoms with van der Waals surface area (Å²) in [5.41, 5.74) is 1.08. The lowest BCUT2D eigenvalue weighted by Gasteiger charge is -2.07. The van der Waals surface area contributed by atoms with Gasteiger partial charge in [-0.2, -0.15) is 0 Å². The van der Waals surface area contributed by atoms with Crippen molar-refractivity contribution >= 4 is 33.3 Å². The molecule has 0 saturated heterocycles. The van der Waals surface area contributed by atoms with E-state index < -0.39 is 0 Å². The van der Waals surface area contributed by atoms with Crippen molar-refractivity contribution in [2.75, 3.05) is 11.9 Å². The van der Waals surface area contributed by atoms with Crippen LogP contribution < -0.4 is 10.6 Å². The summed E-state index contributed by atoms with van der Waals surface area (Å²) < 4.78 is 0. The summed E-state index contributed by atoms with van der Waals surface area (Å²) in [4.78, 5) is 22.7. The van der Waals surface area contributed by atoms with Gasteiger partial charge in [0.15, 0.2) is 0 Å². The number of carbonyl (C=O) groups is 1. The topological polar surface area (TPSA) is 66.9 Å². The fraction of sp³-hybridized carbons (Fsp3) is 0.235. The van der Waals surface area contributed by atoms with Gasteiger partial charge in [-0.25, -0.2) is 9.97 Å². The predicted octanol–water partition coefficient (Wildman–Crippen LogP) is 2.98. The van der Waals surface area contributed by atoms with Crippen LogP contribution in [0.2, 0.25) is 0 Å². The summed E-state index contributed by atoms with van der Waals surface area (Å²) in [6.45, 7) is 2.83. The lowest BCUT2D eigenvalue weighted by molar-refractivity contribution is -0.119. The highest BCUT2D eigenvalue weighted by Gasteiger charge is 2.09. The normalized spacial score (nSPS) is 10.7. The van der Waals surface area contributed by atoms with E-state index in [0.29, 0.717) is 12.4 Å². The first-order chi connectivity index (χ1) is 11.3. The number of rotatable bonds is 6. The molecule has 0 fully saturated rings. The van der Waals surface area contributed by atoms with Crippen molar-refractivity contribution in [1.29, 1.82) is 0 Å². The highest BCUT2D eigenvalue weighted by Crippen LogP contribution is 2.28. The van der Waals surface area contributed by atoms with Gasteiger partial charge in [0.2, 0.25) is 5.91 Å². The summed E-state index contributed by atoms with van der Waals surface area (Å²) in [5, 5.41) is 6.97. The number of hydrogen-bond donors (Lipinski definition) is 2. The van der Waals surface area contributed by atoms with E-state index in [2.05, 4.69) is 33.6 Å². The van der Waals surface area contributed by atoms with Crippen molar-refractivity contribution < 1.29 is 4.79 Å². The molecule has 1 amide bonds. The Morgan fingerprint density at radius 2 is 2.04 bits per heavy atom. The highest BCUT2D eigenvalue weighted by molar-refractivity contribution is 7.18. The van der Waals surface area contributed by atoms with Gasteiger partial charge in [0, 0.05) is 11.4 Å². The number of hydrogen-bond acceptors (Lipinski definition) is 5. The summed E-state index contributed by atoms with van der Waals surface area (Å²) in [6, 6.07) is 11.9. The third-order valence-electron chi connectivity index (χ3n) is 3.48. The Morgan fingerprint density at radius 1 is 1.22 bits per heavy atom. The number of amides is 1. The van der Waals surface area contributed by atoms with E-state index in [1.165, 1.54) is 11.2 Å². The molecule has 3 rings (SSSR count). The van der Waals surface area contributed by atoms with Gasteiger partial charge in [-0.15, -0.1) is 11.3 Å². The molecule has 3 aromatic rings. The molecule has 2 heterocycles. The van der Waals surface area contributed by atoms with Gasteiger partial charge < -0.3 is 10.6 Å². The molecule has 23 heavy (non-hydrogen) atoms. The van der Waals surface area contributed by atoms with E-state index in [-0.39, 0.29) is 12.5 Å². The molecule has 1 aromatic carbocycles. The van der Waals surface area contributed by atoms with Gasteiger partial charge >= 0.3 is 0 Å². The number of nitrogens with one attached hydrogen (secondary N) is 2. The zero-order valence-electron chi connectivity index (χ0n) is 12.9. The molecule has 2 aromatic heterocycles. The molecule has 0 unspecified atom stereocenters. The van der Waals surface area contributed by atoms with Crippen LogP contribution in [0.15, 0.2) is 42.7 Å². The molecule has 6 heteroatoms. The van der Waals surface area contributed by atoms with Gasteiger partial charge in [0.25, 0.3) is 0 Å². The number of nitrogens with zero attached hydrogens (tertiary/aromatic N) is 2. The zero-order chi connectivity index (χ0) is 16.1. The van der Waals surface area contributed by atoms with Gasteiger partial charge in [-0.05, 0) is 18.1 Å². The highest BCUT2D eigenvalue weighted by atomic mass is 32.1. The maximum Gasteiger partial charge on any atom is 0.239 e. The Labute approximate surface area is 138 Å². The average Bonchev–Trinajstić information content (AvgIpc) is 3.03. The molecule has 5 nitrogen and oxygen atoms in total. The summed E-state index contributed by atoms with van der Waals surface area (Å²) in [5.74, 6) is 0.646. The minimum Gasteiger partial charge on any atom is -0.360 e. The number of fused-ring (bicyclic) bond motifs is 1. The number of aryl methyl sites for hydroxylation is 1. The third kappa shape index (κ3) is 3.84. The molecule has 0 radical (unpaired) electrons. The lowest BCUT2D eigenvalue weighted by Crippen LogP contribution is -2.29. The second kappa shape index (κ2) is 7.19. The van der Waals surface area contributed by atoms with E-state index in [1.807, 2.05) is 30.3 Å². The Morgan fingerprint density at radius 3 is 2.83 bits per heavy atom. The number of benzene rings is 1. The Hall–Kier alpha value is -2.47. The van der Waals surface area contributed by atoms with Crippen LogP contribution in [0.25, 0.3) is 10.2 Å². The Kier molecular flexibility index (Phi) is 4.83. The van der Waals surface area contributed by atoms with E-state index in [4.69, 9.17) is 0 Å². The molecule has 0 aliphatic carbocycles. The van der Waals surface area contributed by atoms with Gasteiger partial charge in [0.05, 0.1) is 11.9 Å². The monoisotopic (exact) mass is 326 g/mol. The maximum atomic E-state index is 12.0. The third-order valence-corrected chi connectivity index (χ3v) is 4.67.